The summed E-state index contributed by atoms with van der Waals surface area (Å²) in [6.07, 6.45) is 4.25. The maximum absolute atomic E-state index is 5.44. The van der Waals surface area contributed by atoms with E-state index in [2.05, 4.69) is 26.6 Å². The highest BCUT2D eigenvalue weighted by atomic mass is 16.5. The number of aromatic nitrogens is 3. The second-order valence-electron chi connectivity index (χ2n) is 6.61. The van der Waals surface area contributed by atoms with E-state index in [0.717, 1.165) is 27.7 Å². The number of ether oxygens (including phenoxy) is 3. The Labute approximate surface area is 174 Å². The van der Waals surface area contributed by atoms with E-state index >= 15 is 0 Å². The molecule has 0 saturated heterocycles. The van der Waals surface area contributed by atoms with Crippen LogP contribution in [0.1, 0.15) is 11.3 Å². The molecule has 0 spiro atoms. The Bertz CT molecular complexity index is 1140. The minimum absolute atomic E-state index is 0.536. The van der Waals surface area contributed by atoms with Crippen molar-refractivity contribution in [3.63, 3.8) is 0 Å². The van der Waals surface area contributed by atoms with E-state index in [0.29, 0.717) is 29.5 Å². The summed E-state index contributed by atoms with van der Waals surface area (Å²) in [4.78, 5) is 4.08. The topological polar surface area (TPSA) is 78.4 Å². The maximum atomic E-state index is 5.44. The van der Waals surface area contributed by atoms with Gasteiger partial charge in [0.05, 0.1) is 27.0 Å². The van der Waals surface area contributed by atoms with Gasteiger partial charge in [-0.25, -0.2) is 0 Å². The van der Waals surface area contributed by atoms with Gasteiger partial charge in [0, 0.05) is 47.4 Å². The van der Waals surface area contributed by atoms with Crippen molar-refractivity contribution in [2.75, 3.05) is 26.6 Å². The minimum atomic E-state index is 0.536. The number of rotatable bonds is 7. The highest BCUT2D eigenvalue weighted by Gasteiger charge is 2.15. The number of anilines is 2. The summed E-state index contributed by atoms with van der Waals surface area (Å²) in [6.45, 7) is 0. The van der Waals surface area contributed by atoms with Gasteiger partial charge in [0.15, 0.2) is 17.3 Å². The largest absolute Gasteiger partial charge is 0.493 e. The van der Waals surface area contributed by atoms with Crippen LogP contribution in [0, 0.1) is 0 Å². The lowest BCUT2D eigenvalue weighted by Gasteiger charge is -2.16. The molecule has 0 fully saturated rings. The van der Waals surface area contributed by atoms with Crippen molar-refractivity contribution in [1.29, 1.82) is 0 Å². The monoisotopic (exact) mass is 402 g/mol. The smallest absolute Gasteiger partial charge is 0.203 e. The molecule has 4 aromatic rings. The molecule has 1 N–H and O–H groups in total. The predicted molar refractivity (Wildman–Crippen MR) is 116 cm³/mol. The molecule has 0 amide bonds. The molecule has 7 nitrogen and oxygen atoms in total. The Morgan fingerprint density at radius 3 is 2.10 bits per heavy atom. The fourth-order valence-corrected chi connectivity index (χ4v) is 3.37. The summed E-state index contributed by atoms with van der Waals surface area (Å²) >= 11 is 0. The standard InChI is InChI=1S/C23H22N4O3/c1-28-20-13-16(14-21(29-2)22(20)30-3)25-23-18-7-5-4-6-17(18)19(26-27-23)12-15-8-10-24-11-9-15/h4-11,13-14H,12H2,1-3H3,(H,25,27). The number of hydrogen-bond acceptors (Lipinski definition) is 7. The summed E-state index contributed by atoms with van der Waals surface area (Å²) in [5.41, 5.74) is 2.80. The number of fused-ring (bicyclic) bond motifs is 1. The Hall–Kier alpha value is -3.87. The number of pyridine rings is 1. The van der Waals surface area contributed by atoms with Crippen LogP contribution in [0.4, 0.5) is 11.5 Å². The molecule has 2 aromatic heterocycles. The van der Waals surface area contributed by atoms with Gasteiger partial charge in [-0.2, -0.15) is 5.10 Å². The summed E-state index contributed by atoms with van der Waals surface area (Å²) < 4.78 is 16.3. The van der Waals surface area contributed by atoms with Gasteiger partial charge in [0.25, 0.3) is 0 Å². The van der Waals surface area contributed by atoms with E-state index < -0.39 is 0 Å². The molecule has 30 heavy (non-hydrogen) atoms. The van der Waals surface area contributed by atoms with Crippen LogP contribution in [0.15, 0.2) is 60.9 Å². The van der Waals surface area contributed by atoms with Crippen molar-refractivity contribution in [3.8, 4) is 17.2 Å². The lowest BCUT2D eigenvalue weighted by molar-refractivity contribution is 0.324. The average molecular weight is 402 g/mol. The van der Waals surface area contributed by atoms with Gasteiger partial charge in [-0.05, 0) is 17.7 Å². The molecule has 0 atom stereocenters. The first-order chi connectivity index (χ1) is 14.7. The number of nitrogens with zero attached hydrogens (tertiary/aromatic N) is 3. The third-order valence-corrected chi connectivity index (χ3v) is 4.81. The van der Waals surface area contributed by atoms with Crippen LogP contribution in [0.2, 0.25) is 0 Å². The minimum Gasteiger partial charge on any atom is -0.493 e. The number of nitrogens with one attached hydrogen (secondary N) is 1. The Kier molecular flexibility index (Phi) is 5.61. The summed E-state index contributed by atoms with van der Waals surface area (Å²) in [6, 6.07) is 15.7. The fraction of sp³-hybridized carbons (Fsp3) is 0.174. The summed E-state index contributed by atoms with van der Waals surface area (Å²) in [5, 5.41) is 14.3. The highest BCUT2D eigenvalue weighted by Crippen LogP contribution is 2.41. The van der Waals surface area contributed by atoms with E-state index in [1.165, 1.54) is 0 Å². The Morgan fingerprint density at radius 2 is 1.47 bits per heavy atom. The van der Waals surface area contributed by atoms with E-state index in [-0.39, 0.29) is 0 Å². The van der Waals surface area contributed by atoms with Crippen LogP contribution in [0.5, 0.6) is 17.2 Å². The molecule has 4 rings (SSSR count). The van der Waals surface area contributed by atoms with Crippen LogP contribution in [0.25, 0.3) is 10.8 Å². The van der Waals surface area contributed by atoms with Crippen molar-refractivity contribution in [2.24, 2.45) is 0 Å². The van der Waals surface area contributed by atoms with Gasteiger partial charge in [-0.1, -0.05) is 24.3 Å². The zero-order valence-corrected chi connectivity index (χ0v) is 17.0. The van der Waals surface area contributed by atoms with Crippen molar-refractivity contribution in [1.82, 2.24) is 15.2 Å². The Balaban J connectivity index is 1.73. The SMILES string of the molecule is COc1cc(Nc2nnc(Cc3ccncc3)c3ccccc23)cc(OC)c1OC. The molecular weight excluding hydrogens is 380 g/mol. The zero-order valence-electron chi connectivity index (χ0n) is 17.0. The van der Waals surface area contributed by atoms with Crippen molar-refractivity contribution in [2.45, 2.75) is 6.42 Å². The third kappa shape index (κ3) is 3.82. The number of methoxy groups -OCH3 is 3. The van der Waals surface area contributed by atoms with Gasteiger partial charge in [0.1, 0.15) is 0 Å². The quantitative estimate of drug-likeness (QED) is 0.491. The lowest BCUT2D eigenvalue weighted by atomic mass is 10.0. The van der Waals surface area contributed by atoms with E-state index in [1.54, 1.807) is 33.7 Å². The molecule has 0 bridgehead atoms. The predicted octanol–water partition coefficient (Wildman–Crippen LogP) is 4.39. The van der Waals surface area contributed by atoms with E-state index in [1.807, 2.05) is 42.5 Å². The first-order valence-electron chi connectivity index (χ1n) is 9.43. The van der Waals surface area contributed by atoms with Crippen LogP contribution >= 0.6 is 0 Å². The Morgan fingerprint density at radius 1 is 0.800 bits per heavy atom. The lowest BCUT2D eigenvalue weighted by Crippen LogP contribution is -2.03. The van der Waals surface area contributed by atoms with Gasteiger partial charge in [0.2, 0.25) is 5.75 Å². The van der Waals surface area contributed by atoms with Crippen LogP contribution in [-0.4, -0.2) is 36.5 Å². The molecule has 2 aromatic carbocycles. The maximum Gasteiger partial charge on any atom is 0.203 e. The molecule has 0 unspecified atom stereocenters. The molecule has 0 aliphatic carbocycles. The molecule has 0 aliphatic heterocycles. The second-order valence-corrected chi connectivity index (χ2v) is 6.61. The van der Waals surface area contributed by atoms with E-state index in [4.69, 9.17) is 14.2 Å². The summed E-state index contributed by atoms with van der Waals surface area (Å²) in [7, 11) is 4.75. The van der Waals surface area contributed by atoms with Gasteiger partial charge in [-0.3, -0.25) is 4.98 Å². The highest BCUT2D eigenvalue weighted by molar-refractivity contribution is 5.94. The molecule has 2 heterocycles. The van der Waals surface area contributed by atoms with Crippen molar-refractivity contribution < 1.29 is 14.2 Å². The average Bonchev–Trinajstić information content (AvgIpc) is 2.80. The number of hydrogen-bond donors (Lipinski definition) is 1. The number of benzene rings is 2. The molecule has 0 aliphatic rings. The second kappa shape index (κ2) is 8.65. The van der Waals surface area contributed by atoms with Crippen LogP contribution < -0.4 is 19.5 Å². The zero-order chi connectivity index (χ0) is 20.9. The fourth-order valence-electron chi connectivity index (χ4n) is 3.37. The molecule has 152 valence electrons. The first-order valence-corrected chi connectivity index (χ1v) is 9.43. The van der Waals surface area contributed by atoms with Crippen molar-refractivity contribution in [3.05, 3.63) is 72.2 Å². The van der Waals surface area contributed by atoms with E-state index in [9.17, 15) is 0 Å². The molecular formula is C23H22N4O3. The summed E-state index contributed by atoms with van der Waals surface area (Å²) in [5.74, 6) is 2.31. The molecule has 7 heteroatoms. The van der Waals surface area contributed by atoms with Gasteiger partial charge in [-0.15, -0.1) is 5.10 Å². The molecule has 0 saturated carbocycles. The third-order valence-electron chi connectivity index (χ3n) is 4.81. The normalized spacial score (nSPS) is 10.6. The van der Waals surface area contributed by atoms with Crippen LogP contribution in [-0.2, 0) is 6.42 Å². The van der Waals surface area contributed by atoms with Gasteiger partial charge < -0.3 is 19.5 Å². The van der Waals surface area contributed by atoms with Crippen molar-refractivity contribution >= 4 is 22.3 Å². The molecule has 0 radical (unpaired) electrons. The first kappa shape index (κ1) is 19.4. The van der Waals surface area contributed by atoms with Crippen LogP contribution in [0.3, 0.4) is 0 Å². The van der Waals surface area contributed by atoms with Gasteiger partial charge >= 0.3 is 0 Å².